The molecule has 0 unspecified atom stereocenters. The zero-order valence-electron chi connectivity index (χ0n) is 16.4. The molecular weight excluding hydrogens is 378 g/mol. The third-order valence-corrected chi connectivity index (χ3v) is 5.95. The summed E-state index contributed by atoms with van der Waals surface area (Å²) in [5, 5.41) is 6.05. The Labute approximate surface area is 173 Å². The van der Waals surface area contributed by atoms with E-state index < -0.39 is 5.41 Å². The van der Waals surface area contributed by atoms with Crippen molar-refractivity contribution in [1.29, 1.82) is 0 Å². The van der Waals surface area contributed by atoms with Crippen molar-refractivity contribution < 1.29 is 14.3 Å². The van der Waals surface area contributed by atoms with E-state index in [0.29, 0.717) is 39.1 Å². The molecule has 1 aliphatic heterocycles. The van der Waals surface area contributed by atoms with Crippen LogP contribution >= 0.6 is 12.4 Å². The zero-order chi connectivity index (χ0) is 19.1. The first-order valence-electron chi connectivity index (χ1n) is 10.1. The monoisotopic (exact) mass is 409 g/mol. The number of benzene rings is 1. The second kappa shape index (κ2) is 10.8. The van der Waals surface area contributed by atoms with E-state index in [-0.39, 0.29) is 30.1 Å². The van der Waals surface area contributed by atoms with Gasteiger partial charge in [-0.25, -0.2) is 0 Å². The van der Waals surface area contributed by atoms with Gasteiger partial charge in [-0.2, -0.15) is 0 Å². The van der Waals surface area contributed by atoms with Crippen LogP contribution in [0.2, 0.25) is 0 Å². The Morgan fingerprint density at radius 3 is 2.54 bits per heavy atom. The highest BCUT2D eigenvalue weighted by Gasteiger charge is 2.38. The lowest BCUT2D eigenvalue weighted by Gasteiger charge is -2.34. The van der Waals surface area contributed by atoms with Gasteiger partial charge in [0.1, 0.15) is 0 Å². The highest BCUT2D eigenvalue weighted by Crippen LogP contribution is 2.29. The van der Waals surface area contributed by atoms with Gasteiger partial charge in [0, 0.05) is 37.9 Å². The number of nitrogens with one attached hydrogen (secondary N) is 2. The topological polar surface area (TPSA) is 93.5 Å². The molecule has 6 nitrogen and oxygen atoms in total. The Balaban J connectivity index is 0.00000280. The summed E-state index contributed by atoms with van der Waals surface area (Å²) in [5.74, 6) is 0.227. The van der Waals surface area contributed by atoms with Gasteiger partial charge in [0.2, 0.25) is 11.8 Å². The predicted molar refractivity (Wildman–Crippen MR) is 112 cm³/mol. The minimum absolute atomic E-state index is 0. The lowest BCUT2D eigenvalue weighted by atomic mass is 9.79. The highest BCUT2D eigenvalue weighted by molar-refractivity contribution is 5.92. The molecule has 2 amide bonds. The van der Waals surface area contributed by atoms with Crippen LogP contribution in [0, 0.1) is 11.3 Å². The number of rotatable bonds is 6. The Morgan fingerprint density at radius 1 is 1.14 bits per heavy atom. The first-order chi connectivity index (χ1) is 13.1. The van der Waals surface area contributed by atoms with Crippen molar-refractivity contribution in [3.05, 3.63) is 29.8 Å². The van der Waals surface area contributed by atoms with Crippen molar-refractivity contribution in [3.63, 3.8) is 0 Å². The highest BCUT2D eigenvalue weighted by atomic mass is 35.5. The first kappa shape index (κ1) is 22.7. The van der Waals surface area contributed by atoms with Crippen LogP contribution in [0.15, 0.2) is 24.3 Å². The van der Waals surface area contributed by atoms with E-state index in [2.05, 4.69) is 10.6 Å². The molecule has 2 fully saturated rings. The first-order valence-corrected chi connectivity index (χ1v) is 10.1. The average Bonchev–Trinajstić information content (AvgIpc) is 2.73. The molecule has 28 heavy (non-hydrogen) atoms. The van der Waals surface area contributed by atoms with Gasteiger partial charge in [-0.1, -0.05) is 31.4 Å². The SMILES string of the molecule is Cl.NCC1(C(=O)NCc2cccc(NC(=O)C3CCCCC3)c2)CCOCC1. The van der Waals surface area contributed by atoms with E-state index in [1.165, 1.54) is 6.42 Å². The number of carbonyl (C=O) groups excluding carboxylic acids is 2. The predicted octanol–water partition coefficient (Wildman–Crippen LogP) is 3.00. The van der Waals surface area contributed by atoms with Gasteiger partial charge in [-0.3, -0.25) is 9.59 Å². The number of anilines is 1. The summed E-state index contributed by atoms with van der Waals surface area (Å²) in [6.45, 7) is 1.91. The number of nitrogens with two attached hydrogens (primary N) is 1. The van der Waals surface area contributed by atoms with Crippen molar-refractivity contribution in [2.75, 3.05) is 25.1 Å². The quantitative estimate of drug-likeness (QED) is 0.673. The molecule has 2 aliphatic rings. The molecule has 0 aromatic heterocycles. The van der Waals surface area contributed by atoms with E-state index in [4.69, 9.17) is 10.5 Å². The van der Waals surface area contributed by atoms with Crippen LogP contribution in [0.1, 0.15) is 50.5 Å². The van der Waals surface area contributed by atoms with Crippen molar-refractivity contribution >= 4 is 29.9 Å². The minimum Gasteiger partial charge on any atom is -0.381 e. The van der Waals surface area contributed by atoms with Gasteiger partial charge in [-0.05, 0) is 43.4 Å². The molecule has 1 heterocycles. The molecule has 3 rings (SSSR count). The maximum Gasteiger partial charge on any atom is 0.227 e. The number of hydrogen-bond acceptors (Lipinski definition) is 4. The summed E-state index contributed by atoms with van der Waals surface area (Å²) in [7, 11) is 0. The molecule has 156 valence electrons. The number of carbonyl (C=O) groups is 2. The smallest absolute Gasteiger partial charge is 0.227 e. The summed E-state index contributed by atoms with van der Waals surface area (Å²) >= 11 is 0. The molecule has 1 aromatic rings. The molecule has 1 saturated heterocycles. The summed E-state index contributed by atoms with van der Waals surface area (Å²) in [4.78, 5) is 25.1. The van der Waals surface area contributed by atoms with Crippen molar-refractivity contribution in [2.24, 2.45) is 17.1 Å². The van der Waals surface area contributed by atoms with Crippen LogP contribution in [-0.4, -0.2) is 31.6 Å². The molecular formula is C21H32ClN3O3. The van der Waals surface area contributed by atoms with Crippen LogP contribution in [0.4, 0.5) is 5.69 Å². The summed E-state index contributed by atoms with van der Waals surface area (Å²) in [5.41, 5.74) is 7.12. The van der Waals surface area contributed by atoms with Crippen LogP contribution in [0.25, 0.3) is 0 Å². The van der Waals surface area contributed by atoms with Gasteiger partial charge in [0.25, 0.3) is 0 Å². The fourth-order valence-corrected chi connectivity index (χ4v) is 4.02. The third kappa shape index (κ3) is 5.69. The van der Waals surface area contributed by atoms with E-state index in [9.17, 15) is 9.59 Å². The Bertz CT molecular complexity index is 656. The number of hydrogen-bond donors (Lipinski definition) is 3. The second-order valence-electron chi connectivity index (χ2n) is 7.80. The van der Waals surface area contributed by atoms with E-state index in [1.54, 1.807) is 0 Å². The Hall–Kier alpha value is -1.63. The van der Waals surface area contributed by atoms with Crippen LogP contribution in [-0.2, 0) is 20.9 Å². The van der Waals surface area contributed by atoms with Crippen LogP contribution in [0.3, 0.4) is 0 Å². The summed E-state index contributed by atoms with van der Waals surface area (Å²) in [6.07, 6.45) is 6.78. The van der Waals surface area contributed by atoms with Crippen molar-refractivity contribution in [3.8, 4) is 0 Å². The van der Waals surface area contributed by atoms with Gasteiger partial charge >= 0.3 is 0 Å². The van der Waals surface area contributed by atoms with Crippen molar-refractivity contribution in [1.82, 2.24) is 5.32 Å². The molecule has 0 atom stereocenters. The summed E-state index contributed by atoms with van der Waals surface area (Å²) in [6, 6.07) is 7.69. The Morgan fingerprint density at radius 2 is 1.86 bits per heavy atom. The standard InChI is InChI=1S/C21H31N3O3.ClH/c22-15-21(9-11-27-12-10-21)20(26)23-14-16-5-4-8-18(13-16)24-19(25)17-6-2-1-3-7-17;/h4-5,8,13,17H,1-3,6-7,9-12,14-15,22H2,(H,23,26)(H,24,25);1H. The number of ether oxygens (including phenoxy) is 1. The maximum absolute atomic E-state index is 12.7. The fraction of sp³-hybridized carbons (Fsp3) is 0.619. The Kier molecular flexibility index (Phi) is 8.73. The lowest BCUT2D eigenvalue weighted by molar-refractivity contribution is -0.136. The molecule has 4 N–H and O–H groups in total. The molecule has 7 heteroatoms. The van der Waals surface area contributed by atoms with Gasteiger partial charge < -0.3 is 21.1 Å². The van der Waals surface area contributed by atoms with Crippen molar-refractivity contribution in [2.45, 2.75) is 51.5 Å². The summed E-state index contributed by atoms with van der Waals surface area (Å²) < 4.78 is 5.37. The van der Waals surface area contributed by atoms with Crippen LogP contribution in [0.5, 0.6) is 0 Å². The van der Waals surface area contributed by atoms with Crippen LogP contribution < -0.4 is 16.4 Å². The fourth-order valence-electron chi connectivity index (χ4n) is 4.02. The van der Waals surface area contributed by atoms with Gasteiger partial charge in [-0.15, -0.1) is 12.4 Å². The van der Waals surface area contributed by atoms with Gasteiger partial charge in [0.15, 0.2) is 0 Å². The van der Waals surface area contributed by atoms with E-state index in [1.807, 2.05) is 24.3 Å². The molecule has 1 aliphatic carbocycles. The second-order valence-corrected chi connectivity index (χ2v) is 7.80. The lowest BCUT2D eigenvalue weighted by Crippen LogP contribution is -2.48. The zero-order valence-corrected chi connectivity index (χ0v) is 17.2. The molecule has 1 aromatic carbocycles. The number of amides is 2. The largest absolute Gasteiger partial charge is 0.381 e. The molecule has 1 saturated carbocycles. The van der Waals surface area contributed by atoms with E-state index in [0.717, 1.165) is 36.9 Å². The molecule has 0 bridgehead atoms. The van der Waals surface area contributed by atoms with E-state index >= 15 is 0 Å². The molecule has 0 spiro atoms. The van der Waals surface area contributed by atoms with Gasteiger partial charge in [0.05, 0.1) is 5.41 Å². The third-order valence-electron chi connectivity index (χ3n) is 5.95. The molecule has 0 radical (unpaired) electrons. The normalized spacial score (nSPS) is 19.3. The number of halogens is 1. The minimum atomic E-state index is -0.523. The maximum atomic E-state index is 12.7. The average molecular weight is 410 g/mol.